The molecule has 1 aromatic rings. The summed E-state index contributed by atoms with van der Waals surface area (Å²) in [5.74, 6) is 0.153. The van der Waals surface area contributed by atoms with E-state index in [2.05, 4.69) is 15.6 Å². The molecule has 0 saturated carbocycles. The van der Waals surface area contributed by atoms with Crippen LogP contribution in [0.1, 0.15) is 5.56 Å². The van der Waals surface area contributed by atoms with Crippen molar-refractivity contribution >= 4 is 46.2 Å². The molecule has 2 N–H and O–H groups in total. The van der Waals surface area contributed by atoms with Gasteiger partial charge < -0.3 is 10.6 Å². The lowest BCUT2D eigenvalue weighted by Crippen LogP contribution is -2.22. The number of carbonyl (C=O) groups is 2. The Hall–Kier alpha value is -1.53. The highest BCUT2D eigenvalue weighted by atomic mass is 35.5. The lowest BCUT2D eigenvalue weighted by Gasteiger charge is -2.06. The molecule has 0 aromatic heterocycles. The fourth-order valence-electron chi connectivity index (χ4n) is 1.39. The van der Waals surface area contributed by atoms with Gasteiger partial charge in [0.25, 0.3) is 0 Å². The number of aliphatic imine (C=N–C) groups is 1. The predicted molar refractivity (Wildman–Crippen MR) is 73.2 cm³/mol. The van der Waals surface area contributed by atoms with E-state index < -0.39 is 6.03 Å². The number of hydrogen-bond donors (Lipinski definition) is 2. The molecule has 18 heavy (non-hydrogen) atoms. The smallest absolute Gasteiger partial charge is 0.306 e. The maximum atomic E-state index is 11.6. The van der Waals surface area contributed by atoms with Crippen molar-refractivity contribution in [2.75, 3.05) is 11.1 Å². The zero-order chi connectivity index (χ0) is 13.1. The van der Waals surface area contributed by atoms with Gasteiger partial charge in [-0.1, -0.05) is 23.4 Å². The Balaban J connectivity index is 2.05. The van der Waals surface area contributed by atoms with Crippen LogP contribution in [0.2, 0.25) is 5.02 Å². The van der Waals surface area contributed by atoms with Crippen LogP contribution in [-0.4, -0.2) is 22.9 Å². The summed E-state index contributed by atoms with van der Waals surface area (Å²) < 4.78 is 0. The normalized spacial score (nSPS) is 16.8. The third-order valence-electron chi connectivity index (χ3n) is 2.22. The first-order valence-electron chi connectivity index (χ1n) is 5.13. The first kappa shape index (κ1) is 12.9. The van der Waals surface area contributed by atoms with E-state index in [0.29, 0.717) is 21.6 Å². The van der Waals surface area contributed by atoms with E-state index in [9.17, 15) is 9.59 Å². The second-order valence-electron chi connectivity index (χ2n) is 3.64. The van der Waals surface area contributed by atoms with Gasteiger partial charge in [-0.05, 0) is 30.7 Å². The van der Waals surface area contributed by atoms with E-state index in [0.717, 1.165) is 5.56 Å². The molecule has 94 valence electrons. The van der Waals surface area contributed by atoms with E-state index in [1.54, 1.807) is 18.2 Å². The number of amidine groups is 1. The van der Waals surface area contributed by atoms with Crippen LogP contribution >= 0.6 is 23.4 Å². The monoisotopic (exact) mass is 283 g/mol. The number of hydrogen-bond acceptors (Lipinski definition) is 3. The highest BCUT2D eigenvalue weighted by molar-refractivity contribution is 8.15. The molecule has 0 spiro atoms. The van der Waals surface area contributed by atoms with Crippen molar-refractivity contribution in [1.82, 2.24) is 5.32 Å². The molecule has 1 saturated heterocycles. The molecule has 1 aliphatic heterocycles. The van der Waals surface area contributed by atoms with Crippen molar-refractivity contribution in [3.05, 3.63) is 28.8 Å². The van der Waals surface area contributed by atoms with E-state index in [-0.39, 0.29) is 5.91 Å². The summed E-state index contributed by atoms with van der Waals surface area (Å²) in [6.45, 7) is 1.83. The Labute approximate surface area is 113 Å². The zero-order valence-electron chi connectivity index (χ0n) is 9.49. The van der Waals surface area contributed by atoms with Gasteiger partial charge in [-0.2, -0.15) is 4.99 Å². The van der Waals surface area contributed by atoms with Gasteiger partial charge in [0, 0.05) is 10.7 Å². The van der Waals surface area contributed by atoms with Crippen molar-refractivity contribution < 1.29 is 9.59 Å². The molecule has 3 amide bonds. The molecule has 5 nitrogen and oxygen atoms in total. The fourth-order valence-corrected chi connectivity index (χ4v) is 2.29. The van der Waals surface area contributed by atoms with Crippen molar-refractivity contribution in [1.29, 1.82) is 0 Å². The lowest BCUT2D eigenvalue weighted by molar-refractivity contribution is -0.116. The summed E-state index contributed by atoms with van der Waals surface area (Å²) >= 11 is 7.02. The fraction of sp³-hybridized carbons (Fsp3) is 0.182. The quantitative estimate of drug-likeness (QED) is 0.831. The largest absolute Gasteiger partial charge is 0.347 e. The first-order chi connectivity index (χ1) is 8.54. The molecular weight excluding hydrogens is 274 g/mol. The second kappa shape index (κ2) is 5.41. The van der Waals surface area contributed by atoms with Crippen LogP contribution in [0.3, 0.4) is 0 Å². The minimum atomic E-state index is -0.523. The molecule has 0 radical (unpaired) electrons. The van der Waals surface area contributed by atoms with Crippen LogP contribution in [-0.2, 0) is 4.79 Å². The summed E-state index contributed by atoms with van der Waals surface area (Å²) in [6.07, 6.45) is 0. The number of anilines is 1. The predicted octanol–water partition coefficient (Wildman–Crippen LogP) is 2.40. The number of nitrogens with zero attached hydrogens (tertiary/aromatic N) is 1. The van der Waals surface area contributed by atoms with Crippen molar-refractivity contribution in [2.45, 2.75) is 6.92 Å². The van der Waals surface area contributed by atoms with Crippen molar-refractivity contribution in [3.63, 3.8) is 0 Å². The summed E-state index contributed by atoms with van der Waals surface area (Å²) in [7, 11) is 0. The van der Waals surface area contributed by atoms with Crippen LogP contribution in [0.5, 0.6) is 0 Å². The molecule has 2 rings (SSSR count). The molecule has 0 unspecified atom stereocenters. The summed E-state index contributed by atoms with van der Waals surface area (Å²) in [5.41, 5.74) is 1.49. The highest BCUT2D eigenvalue weighted by Gasteiger charge is 2.17. The van der Waals surface area contributed by atoms with Gasteiger partial charge in [-0.25, -0.2) is 4.79 Å². The van der Waals surface area contributed by atoms with Gasteiger partial charge in [0.1, 0.15) is 0 Å². The van der Waals surface area contributed by atoms with Crippen LogP contribution in [0.4, 0.5) is 10.5 Å². The molecule has 1 aromatic carbocycles. The molecule has 7 heteroatoms. The van der Waals surface area contributed by atoms with Gasteiger partial charge in [-0.15, -0.1) is 0 Å². The average Bonchev–Trinajstić information content (AvgIpc) is 2.68. The molecule has 0 bridgehead atoms. The van der Waals surface area contributed by atoms with E-state index in [4.69, 9.17) is 11.6 Å². The number of aryl methyl sites for hydroxylation is 1. The topological polar surface area (TPSA) is 70.6 Å². The molecular formula is C11H10ClN3O2S. The number of amides is 3. The Morgan fingerprint density at radius 1 is 1.56 bits per heavy atom. The molecule has 1 aliphatic rings. The van der Waals surface area contributed by atoms with Gasteiger partial charge >= 0.3 is 6.03 Å². The number of urea groups is 1. The summed E-state index contributed by atoms with van der Waals surface area (Å²) in [4.78, 5) is 26.3. The third kappa shape index (κ3) is 3.24. The zero-order valence-corrected chi connectivity index (χ0v) is 11.1. The number of rotatable bonds is 1. The SMILES string of the molecule is Cc1cc(Cl)ccc1NC(=O)/N=C1/NC(=O)CS1. The minimum absolute atomic E-state index is 0.144. The van der Waals surface area contributed by atoms with Crippen LogP contribution in [0.15, 0.2) is 23.2 Å². The van der Waals surface area contributed by atoms with Gasteiger partial charge in [0.05, 0.1) is 5.75 Å². The maximum absolute atomic E-state index is 11.6. The summed E-state index contributed by atoms with van der Waals surface area (Å²) in [6, 6.07) is 4.61. The maximum Gasteiger partial charge on any atom is 0.347 e. The first-order valence-corrected chi connectivity index (χ1v) is 6.49. The van der Waals surface area contributed by atoms with E-state index in [1.165, 1.54) is 11.8 Å². The van der Waals surface area contributed by atoms with Gasteiger partial charge in [0.15, 0.2) is 5.17 Å². The standard InChI is InChI=1S/C11H10ClN3O2S/c1-6-4-7(12)2-3-8(6)13-10(17)15-11-14-9(16)5-18-11/h2-4H,5H2,1H3,(H2,13,14,15,16,17). The summed E-state index contributed by atoms with van der Waals surface area (Å²) in [5, 5.41) is 6.05. The molecule has 0 aliphatic carbocycles. The molecule has 1 heterocycles. The molecule has 1 fully saturated rings. The van der Waals surface area contributed by atoms with E-state index >= 15 is 0 Å². The highest BCUT2D eigenvalue weighted by Crippen LogP contribution is 2.20. The Morgan fingerprint density at radius 2 is 2.33 bits per heavy atom. The Bertz CT molecular complexity index is 545. The van der Waals surface area contributed by atoms with Gasteiger partial charge in [0.2, 0.25) is 5.91 Å². The van der Waals surface area contributed by atoms with Crippen LogP contribution < -0.4 is 10.6 Å². The minimum Gasteiger partial charge on any atom is -0.306 e. The van der Waals surface area contributed by atoms with Crippen LogP contribution in [0.25, 0.3) is 0 Å². The second-order valence-corrected chi connectivity index (χ2v) is 5.04. The van der Waals surface area contributed by atoms with Crippen molar-refractivity contribution in [3.8, 4) is 0 Å². The molecule has 0 atom stereocenters. The Morgan fingerprint density at radius 3 is 2.94 bits per heavy atom. The Kier molecular flexibility index (Phi) is 3.88. The van der Waals surface area contributed by atoms with E-state index in [1.807, 2.05) is 6.92 Å². The third-order valence-corrected chi connectivity index (χ3v) is 3.33. The van der Waals surface area contributed by atoms with Gasteiger partial charge in [-0.3, -0.25) is 4.79 Å². The average molecular weight is 284 g/mol. The number of thioether (sulfide) groups is 1. The van der Waals surface area contributed by atoms with Crippen LogP contribution in [0, 0.1) is 6.92 Å². The number of nitrogens with one attached hydrogen (secondary N) is 2. The van der Waals surface area contributed by atoms with Crippen molar-refractivity contribution in [2.24, 2.45) is 4.99 Å². The number of benzene rings is 1. The number of halogens is 1. The lowest BCUT2D eigenvalue weighted by atomic mass is 10.2. The number of carbonyl (C=O) groups excluding carboxylic acids is 2.